The van der Waals surface area contributed by atoms with Crippen LogP contribution in [0.4, 0.5) is 4.79 Å². The molecule has 19 heavy (non-hydrogen) atoms. The summed E-state index contributed by atoms with van der Waals surface area (Å²) in [5, 5.41) is 8.96. The van der Waals surface area contributed by atoms with Gasteiger partial charge in [-0.25, -0.2) is 9.59 Å². The first kappa shape index (κ1) is 13.4. The molecular weight excluding hydrogens is 244 g/mol. The fourth-order valence-electron chi connectivity index (χ4n) is 2.34. The molecule has 0 bridgehead atoms. The average Bonchev–Trinajstić information content (AvgIpc) is 2.80. The molecule has 1 aromatic rings. The van der Waals surface area contributed by atoms with Crippen LogP contribution in [0, 0.1) is 0 Å². The highest BCUT2D eigenvalue weighted by Crippen LogP contribution is 2.24. The van der Waals surface area contributed by atoms with Crippen LogP contribution in [0.25, 0.3) is 0 Å². The van der Waals surface area contributed by atoms with E-state index in [0.29, 0.717) is 13.1 Å². The molecule has 1 aromatic carbocycles. The van der Waals surface area contributed by atoms with E-state index in [1.54, 1.807) is 35.0 Å². The van der Waals surface area contributed by atoms with E-state index in [1.807, 2.05) is 6.92 Å². The Morgan fingerprint density at radius 2 is 2.00 bits per heavy atom. The van der Waals surface area contributed by atoms with Crippen LogP contribution >= 0.6 is 0 Å². The third-order valence-corrected chi connectivity index (χ3v) is 3.33. The summed E-state index contributed by atoms with van der Waals surface area (Å²) in [5.74, 6) is -0.935. The second-order valence-corrected chi connectivity index (χ2v) is 4.85. The molecule has 2 rings (SSSR count). The van der Waals surface area contributed by atoms with Crippen molar-refractivity contribution in [1.82, 2.24) is 9.80 Å². The van der Waals surface area contributed by atoms with Crippen molar-refractivity contribution in [3.8, 4) is 0 Å². The van der Waals surface area contributed by atoms with Gasteiger partial charge >= 0.3 is 12.0 Å². The zero-order valence-electron chi connectivity index (χ0n) is 11.2. The second-order valence-electron chi connectivity index (χ2n) is 4.85. The monoisotopic (exact) mass is 262 g/mol. The summed E-state index contributed by atoms with van der Waals surface area (Å²) in [6.45, 7) is 3.80. The van der Waals surface area contributed by atoms with Crippen molar-refractivity contribution >= 4 is 12.0 Å². The smallest absolute Gasteiger partial charge is 0.335 e. The number of carbonyl (C=O) groups excluding carboxylic acids is 1. The highest BCUT2D eigenvalue weighted by molar-refractivity contribution is 5.88. The van der Waals surface area contributed by atoms with Gasteiger partial charge in [-0.1, -0.05) is 13.0 Å². The highest BCUT2D eigenvalue weighted by atomic mass is 16.4. The molecule has 0 aromatic heterocycles. The number of fused-ring (bicyclic) bond motifs is 1. The average molecular weight is 262 g/mol. The molecular formula is C14H18N2O3. The summed E-state index contributed by atoms with van der Waals surface area (Å²) >= 11 is 0. The Morgan fingerprint density at radius 1 is 1.32 bits per heavy atom. The summed E-state index contributed by atoms with van der Waals surface area (Å²) in [5.41, 5.74) is 2.23. The van der Waals surface area contributed by atoms with Crippen molar-refractivity contribution in [2.45, 2.75) is 26.4 Å². The lowest BCUT2D eigenvalue weighted by molar-refractivity contribution is 0.0696. The Kier molecular flexibility index (Phi) is 3.74. The van der Waals surface area contributed by atoms with Crippen molar-refractivity contribution in [1.29, 1.82) is 0 Å². The number of aromatic carboxylic acids is 1. The fraction of sp³-hybridized carbons (Fsp3) is 0.429. The van der Waals surface area contributed by atoms with Gasteiger partial charge in [0.05, 0.1) is 5.56 Å². The summed E-state index contributed by atoms with van der Waals surface area (Å²) in [7, 11) is 1.79. The number of nitrogens with zero attached hydrogens (tertiary/aromatic N) is 2. The molecule has 1 aliphatic heterocycles. The summed E-state index contributed by atoms with van der Waals surface area (Å²) < 4.78 is 0. The number of carbonyl (C=O) groups is 2. The van der Waals surface area contributed by atoms with Gasteiger partial charge < -0.3 is 14.9 Å². The predicted octanol–water partition coefficient (Wildman–Crippen LogP) is 2.16. The van der Waals surface area contributed by atoms with Gasteiger partial charge in [-0.15, -0.1) is 0 Å². The predicted molar refractivity (Wildman–Crippen MR) is 71.0 cm³/mol. The van der Waals surface area contributed by atoms with Crippen LogP contribution in [0.1, 0.15) is 34.8 Å². The minimum absolute atomic E-state index is 0.00470. The maximum absolute atomic E-state index is 12.2. The topological polar surface area (TPSA) is 60.9 Å². The Labute approximate surface area is 112 Å². The van der Waals surface area contributed by atoms with Crippen LogP contribution < -0.4 is 0 Å². The molecule has 0 atom stereocenters. The molecule has 0 radical (unpaired) electrons. The zero-order chi connectivity index (χ0) is 14.0. The molecule has 1 aliphatic rings. The van der Waals surface area contributed by atoms with E-state index in [-0.39, 0.29) is 11.6 Å². The quantitative estimate of drug-likeness (QED) is 0.908. The Hall–Kier alpha value is -2.04. The molecule has 5 nitrogen and oxygen atoms in total. The van der Waals surface area contributed by atoms with Crippen LogP contribution in [-0.2, 0) is 13.1 Å². The molecule has 1 heterocycles. The number of carboxylic acids is 1. The molecule has 0 spiro atoms. The van der Waals surface area contributed by atoms with Crippen LogP contribution in [0.15, 0.2) is 18.2 Å². The lowest BCUT2D eigenvalue weighted by Gasteiger charge is -2.23. The summed E-state index contributed by atoms with van der Waals surface area (Å²) in [6, 6.07) is 5.04. The Morgan fingerprint density at radius 3 is 2.63 bits per heavy atom. The van der Waals surface area contributed by atoms with Crippen LogP contribution in [0.3, 0.4) is 0 Å². The molecule has 0 saturated carbocycles. The van der Waals surface area contributed by atoms with E-state index in [0.717, 1.165) is 24.1 Å². The summed E-state index contributed by atoms with van der Waals surface area (Å²) in [4.78, 5) is 26.5. The molecule has 0 fully saturated rings. The SMILES string of the molecule is CCCN(C)C(=O)N1Cc2ccc(C(=O)O)cc2C1. The van der Waals surface area contributed by atoms with Gasteiger partial charge in [0.15, 0.2) is 0 Å². The Bertz CT molecular complexity index is 513. The van der Waals surface area contributed by atoms with E-state index in [2.05, 4.69) is 0 Å². The molecule has 0 unspecified atom stereocenters. The number of hydrogen-bond acceptors (Lipinski definition) is 2. The van der Waals surface area contributed by atoms with Crippen LogP contribution in [0.5, 0.6) is 0 Å². The normalized spacial score (nSPS) is 13.3. The van der Waals surface area contributed by atoms with E-state index in [9.17, 15) is 9.59 Å². The third-order valence-electron chi connectivity index (χ3n) is 3.33. The van der Waals surface area contributed by atoms with Crippen molar-refractivity contribution in [2.75, 3.05) is 13.6 Å². The zero-order valence-corrected chi connectivity index (χ0v) is 11.2. The van der Waals surface area contributed by atoms with Gasteiger partial charge in [0.1, 0.15) is 0 Å². The van der Waals surface area contributed by atoms with E-state index in [1.165, 1.54) is 0 Å². The maximum atomic E-state index is 12.2. The molecule has 5 heteroatoms. The van der Waals surface area contributed by atoms with E-state index >= 15 is 0 Å². The highest BCUT2D eigenvalue weighted by Gasteiger charge is 2.25. The first-order chi connectivity index (χ1) is 9.02. The van der Waals surface area contributed by atoms with Crippen molar-refractivity contribution in [2.24, 2.45) is 0 Å². The van der Waals surface area contributed by atoms with Gasteiger partial charge in [0.25, 0.3) is 0 Å². The number of carboxylic acid groups (broad SMARTS) is 1. The van der Waals surface area contributed by atoms with Crippen molar-refractivity contribution in [3.05, 3.63) is 34.9 Å². The number of rotatable bonds is 3. The van der Waals surface area contributed by atoms with E-state index < -0.39 is 5.97 Å². The molecule has 1 N–H and O–H groups in total. The van der Waals surface area contributed by atoms with Crippen LogP contribution in [0.2, 0.25) is 0 Å². The number of benzene rings is 1. The molecule has 0 saturated heterocycles. The van der Waals surface area contributed by atoms with Crippen molar-refractivity contribution in [3.63, 3.8) is 0 Å². The molecule has 2 amide bonds. The first-order valence-corrected chi connectivity index (χ1v) is 6.38. The standard InChI is InChI=1S/C14H18N2O3/c1-3-6-15(2)14(19)16-8-11-5-4-10(13(17)18)7-12(11)9-16/h4-5,7H,3,6,8-9H2,1-2H3,(H,17,18). The third kappa shape index (κ3) is 2.70. The number of amides is 2. The second kappa shape index (κ2) is 5.30. The van der Waals surface area contributed by atoms with Gasteiger partial charge in [-0.2, -0.15) is 0 Å². The maximum Gasteiger partial charge on any atom is 0.335 e. The van der Waals surface area contributed by atoms with Crippen LogP contribution in [-0.4, -0.2) is 40.5 Å². The van der Waals surface area contributed by atoms with Crippen molar-refractivity contribution < 1.29 is 14.7 Å². The van der Waals surface area contributed by atoms with Gasteiger partial charge in [0.2, 0.25) is 0 Å². The lowest BCUT2D eigenvalue weighted by Crippen LogP contribution is -2.38. The summed E-state index contributed by atoms with van der Waals surface area (Å²) in [6.07, 6.45) is 0.923. The number of hydrogen-bond donors (Lipinski definition) is 1. The minimum Gasteiger partial charge on any atom is -0.478 e. The van der Waals surface area contributed by atoms with Gasteiger partial charge in [0, 0.05) is 26.7 Å². The van der Waals surface area contributed by atoms with Gasteiger partial charge in [-0.05, 0) is 29.7 Å². The lowest BCUT2D eigenvalue weighted by atomic mass is 10.1. The van der Waals surface area contributed by atoms with Gasteiger partial charge in [-0.3, -0.25) is 0 Å². The van der Waals surface area contributed by atoms with E-state index in [4.69, 9.17) is 5.11 Å². The number of urea groups is 1. The largest absolute Gasteiger partial charge is 0.478 e. The molecule has 102 valence electrons. The molecule has 0 aliphatic carbocycles. The first-order valence-electron chi connectivity index (χ1n) is 6.38. The minimum atomic E-state index is -0.935. The fourth-order valence-corrected chi connectivity index (χ4v) is 2.34. The Balaban J connectivity index is 2.12.